The maximum atomic E-state index is 11.6. The number of amides is 1. The van der Waals surface area contributed by atoms with Gasteiger partial charge in [0.05, 0.1) is 25.5 Å². The van der Waals surface area contributed by atoms with Gasteiger partial charge in [0, 0.05) is 18.9 Å². The number of aliphatic hydroxyl groups excluding tert-OH is 2. The van der Waals surface area contributed by atoms with Gasteiger partial charge in [0.25, 0.3) is 0 Å². The highest BCUT2D eigenvalue weighted by Crippen LogP contribution is 2.33. The molecule has 8 heteroatoms. The summed E-state index contributed by atoms with van der Waals surface area (Å²) >= 11 is 0. The zero-order valence-corrected chi connectivity index (χ0v) is 14.1. The molecule has 2 fully saturated rings. The molecule has 6 atom stereocenters. The molecular weight excluding hydrogens is 316 g/mol. The molecule has 2 heterocycles. The van der Waals surface area contributed by atoms with Crippen molar-refractivity contribution in [3.8, 4) is 0 Å². The van der Waals surface area contributed by atoms with E-state index in [0.717, 1.165) is 19.3 Å². The van der Waals surface area contributed by atoms with E-state index in [0.29, 0.717) is 5.57 Å². The minimum absolute atomic E-state index is 0.00404. The van der Waals surface area contributed by atoms with Crippen LogP contribution in [0.2, 0.25) is 0 Å². The first-order valence-corrected chi connectivity index (χ1v) is 8.40. The van der Waals surface area contributed by atoms with E-state index in [1.807, 2.05) is 0 Å². The van der Waals surface area contributed by atoms with Crippen molar-refractivity contribution in [2.45, 2.75) is 62.9 Å². The van der Waals surface area contributed by atoms with Crippen molar-refractivity contribution in [3.63, 3.8) is 0 Å². The van der Waals surface area contributed by atoms with Gasteiger partial charge >= 0.3 is 0 Å². The molecule has 0 aromatic heterocycles. The van der Waals surface area contributed by atoms with E-state index < -0.39 is 24.5 Å². The lowest BCUT2D eigenvalue weighted by atomic mass is 10.1. The van der Waals surface area contributed by atoms with Gasteiger partial charge in [0.1, 0.15) is 18.3 Å². The Kier molecular flexibility index (Phi) is 5.41. The van der Waals surface area contributed by atoms with Crippen LogP contribution in [-0.4, -0.2) is 78.2 Å². The third kappa shape index (κ3) is 3.29. The Morgan fingerprint density at radius 2 is 2.17 bits per heavy atom. The normalized spacial score (nSPS) is 39.9. The molecule has 0 bridgehead atoms. The summed E-state index contributed by atoms with van der Waals surface area (Å²) < 4.78 is 17.4. The number of rotatable bonds is 5. The lowest BCUT2D eigenvalue weighted by molar-refractivity contribution is -0.144. The van der Waals surface area contributed by atoms with Crippen LogP contribution in [0.15, 0.2) is 11.8 Å². The summed E-state index contributed by atoms with van der Waals surface area (Å²) in [6.45, 7) is 1.69. The van der Waals surface area contributed by atoms with E-state index in [2.05, 4.69) is 5.32 Å². The quantitative estimate of drug-likeness (QED) is 0.608. The number of carbonyl (C=O) groups is 1. The number of methoxy groups -OCH3 is 1. The standard InChI is InChI=1S/C16H26N2O6/c1-9-6-18(8-17-15(9)21)16-14(13(20)12(7-19)24-16)23-11-5-3-4-10(11)22-2/h6,10-14,16,19-20H,3-5,7-8H2,1-2H3,(H,17,21). The number of nitrogens with one attached hydrogen (secondary N) is 1. The molecule has 1 amide bonds. The van der Waals surface area contributed by atoms with E-state index in [9.17, 15) is 15.0 Å². The highest BCUT2D eigenvalue weighted by molar-refractivity contribution is 5.93. The van der Waals surface area contributed by atoms with E-state index in [4.69, 9.17) is 14.2 Å². The fraction of sp³-hybridized carbons (Fsp3) is 0.812. The van der Waals surface area contributed by atoms with Gasteiger partial charge in [-0.25, -0.2) is 0 Å². The highest BCUT2D eigenvalue weighted by atomic mass is 16.6. The van der Waals surface area contributed by atoms with Gasteiger partial charge in [-0.2, -0.15) is 0 Å². The Balaban J connectivity index is 1.76. The van der Waals surface area contributed by atoms with Crippen LogP contribution in [0.1, 0.15) is 26.2 Å². The van der Waals surface area contributed by atoms with Crippen LogP contribution in [0, 0.1) is 0 Å². The van der Waals surface area contributed by atoms with Gasteiger partial charge in [-0.15, -0.1) is 0 Å². The van der Waals surface area contributed by atoms with Crippen molar-refractivity contribution < 1.29 is 29.2 Å². The van der Waals surface area contributed by atoms with Crippen LogP contribution >= 0.6 is 0 Å². The van der Waals surface area contributed by atoms with Gasteiger partial charge in [-0.3, -0.25) is 4.79 Å². The number of ether oxygens (including phenoxy) is 3. The van der Waals surface area contributed by atoms with Crippen LogP contribution < -0.4 is 5.32 Å². The summed E-state index contributed by atoms with van der Waals surface area (Å²) in [5.74, 6) is -0.129. The minimum atomic E-state index is -0.940. The Morgan fingerprint density at radius 1 is 1.42 bits per heavy atom. The van der Waals surface area contributed by atoms with Gasteiger partial charge in [-0.1, -0.05) is 0 Å². The Morgan fingerprint density at radius 3 is 2.83 bits per heavy atom. The number of aliphatic hydroxyl groups is 2. The molecule has 3 rings (SSSR count). The molecule has 2 aliphatic heterocycles. The van der Waals surface area contributed by atoms with Crippen LogP contribution in [0.25, 0.3) is 0 Å². The molecule has 24 heavy (non-hydrogen) atoms. The summed E-state index contributed by atoms with van der Waals surface area (Å²) in [5, 5.41) is 22.7. The monoisotopic (exact) mass is 342 g/mol. The van der Waals surface area contributed by atoms with Gasteiger partial charge < -0.3 is 34.6 Å². The molecule has 3 aliphatic rings. The SMILES string of the molecule is COC1CCCC1OC1C(O)C(CO)OC1N1C=C(C)C(=O)NC1. The summed E-state index contributed by atoms with van der Waals surface area (Å²) in [4.78, 5) is 13.4. The van der Waals surface area contributed by atoms with Gasteiger partial charge in [0.15, 0.2) is 6.23 Å². The molecule has 1 saturated heterocycles. The number of nitrogens with zero attached hydrogens (tertiary/aromatic N) is 1. The molecule has 0 spiro atoms. The summed E-state index contributed by atoms with van der Waals surface area (Å²) in [5.41, 5.74) is 0.557. The average molecular weight is 342 g/mol. The number of hydrogen-bond donors (Lipinski definition) is 3. The fourth-order valence-corrected chi connectivity index (χ4v) is 3.62. The van der Waals surface area contributed by atoms with E-state index in [-0.39, 0.29) is 31.4 Å². The van der Waals surface area contributed by atoms with E-state index in [1.165, 1.54) is 0 Å². The van der Waals surface area contributed by atoms with Crippen LogP contribution in [0.5, 0.6) is 0 Å². The second kappa shape index (κ2) is 7.37. The molecule has 1 saturated carbocycles. The third-order valence-corrected chi connectivity index (χ3v) is 4.99. The fourth-order valence-electron chi connectivity index (χ4n) is 3.62. The van der Waals surface area contributed by atoms with Crippen LogP contribution in [-0.2, 0) is 19.0 Å². The molecule has 0 radical (unpaired) electrons. The first-order valence-electron chi connectivity index (χ1n) is 8.40. The molecule has 8 nitrogen and oxygen atoms in total. The Labute approximate surface area is 141 Å². The van der Waals surface area contributed by atoms with Crippen molar-refractivity contribution in [3.05, 3.63) is 11.8 Å². The second-order valence-electron chi connectivity index (χ2n) is 6.57. The molecule has 0 aromatic rings. The second-order valence-corrected chi connectivity index (χ2v) is 6.57. The van der Waals surface area contributed by atoms with Crippen molar-refractivity contribution >= 4 is 5.91 Å². The zero-order valence-electron chi connectivity index (χ0n) is 14.1. The molecule has 3 N–H and O–H groups in total. The smallest absolute Gasteiger partial charge is 0.249 e. The largest absolute Gasteiger partial charge is 0.394 e. The van der Waals surface area contributed by atoms with Crippen molar-refractivity contribution in [1.29, 1.82) is 0 Å². The molecule has 0 aromatic carbocycles. The predicted octanol–water partition coefficient (Wildman–Crippen LogP) is -0.690. The first-order chi connectivity index (χ1) is 11.5. The Bertz CT molecular complexity index is 499. The van der Waals surface area contributed by atoms with Crippen LogP contribution in [0.4, 0.5) is 0 Å². The maximum Gasteiger partial charge on any atom is 0.249 e. The van der Waals surface area contributed by atoms with Crippen molar-refractivity contribution in [2.24, 2.45) is 0 Å². The van der Waals surface area contributed by atoms with Gasteiger partial charge in [-0.05, 0) is 26.2 Å². The minimum Gasteiger partial charge on any atom is -0.394 e. The first kappa shape index (κ1) is 17.6. The highest BCUT2D eigenvalue weighted by Gasteiger charge is 2.49. The lowest BCUT2D eigenvalue weighted by Crippen LogP contribution is -2.51. The summed E-state index contributed by atoms with van der Waals surface area (Å²) in [6.07, 6.45) is 1.55. The molecule has 136 valence electrons. The topological polar surface area (TPSA) is 100 Å². The molecular formula is C16H26N2O6. The average Bonchev–Trinajstić information content (AvgIpc) is 3.15. The third-order valence-electron chi connectivity index (χ3n) is 4.99. The van der Waals surface area contributed by atoms with Gasteiger partial charge in [0.2, 0.25) is 5.91 Å². The van der Waals surface area contributed by atoms with E-state index in [1.54, 1.807) is 25.1 Å². The van der Waals surface area contributed by atoms with Crippen molar-refractivity contribution in [1.82, 2.24) is 10.2 Å². The number of carbonyl (C=O) groups excluding carboxylic acids is 1. The summed E-state index contributed by atoms with van der Waals surface area (Å²) in [6, 6.07) is 0. The maximum absolute atomic E-state index is 11.6. The predicted molar refractivity (Wildman–Crippen MR) is 83.7 cm³/mol. The molecule has 1 aliphatic carbocycles. The molecule has 6 unspecified atom stereocenters. The number of hydrogen-bond acceptors (Lipinski definition) is 7. The van der Waals surface area contributed by atoms with Crippen molar-refractivity contribution in [2.75, 3.05) is 20.4 Å². The van der Waals surface area contributed by atoms with Crippen LogP contribution in [0.3, 0.4) is 0 Å². The lowest BCUT2D eigenvalue weighted by Gasteiger charge is -2.35. The zero-order chi connectivity index (χ0) is 17.3. The van der Waals surface area contributed by atoms with E-state index >= 15 is 0 Å². The summed E-state index contributed by atoms with van der Waals surface area (Å²) in [7, 11) is 1.66. The Hall–Kier alpha value is -1.19.